The van der Waals surface area contributed by atoms with E-state index in [1.54, 1.807) is 25.4 Å². The summed E-state index contributed by atoms with van der Waals surface area (Å²) in [6.07, 6.45) is 2.13. The number of rotatable bonds is 7. The Morgan fingerprint density at radius 2 is 2.09 bits per heavy atom. The van der Waals surface area contributed by atoms with E-state index in [1.165, 1.54) is 0 Å². The summed E-state index contributed by atoms with van der Waals surface area (Å²) in [5.41, 5.74) is 1.17. The zero-order valence-corrected chi connectivity index (χ0v) is 12.4. The summed E-state index contributed by atoms with van der Waals surface area (Å²) in [5.74, 6) is 0.882. The Labute approximate surface area is 129 Å². The van der Waals surface area contributed by atoms with Gasteiger partial charge in [0.05, 0.1) is 18.4 Å². The highest BCUT2D eigenvalue weighted by atomic mass is 16.5. The molecule has 0 saturated heterocycles. The van der Waals surface area contributed by atoms with E-state index in [0.717, 1.165) is 5.69 Å². The topological polar surface area (TPSA) is 83.5 Å². The minimum absolute atomic E-state index is 0.0413. The molecule has 0 fully saturated rings. The standard InChI is InChI=1S/C16H19N3O3/c1-22-14-8-3-2-7-13(14)19-15-12(6-4-9-17-15)16(21)18-10-5-11-20/h2-4,6-9,20H,5,10-11H2,1H3,(H,17,19)(H,18,21). The van der Waals surface area contributed by atoms with Crippen molar-refractivity contribution in [3.8, 4) is 5.75 Å². The molecule has 0 saturated carbocycles. The van der Waals surface area contributed by atoms with Gasteiger partial charge in [-0.3, -0.25) is 4.79 Å². The molecule has 0 aliphatic rings. The van der Waals surface area contributed by atoms with Crippen LogP contribution in [0.2, 0.25) is 0 Å². The second kappa shape index (κ2) is 7.99. The van der Waals surface area contributed by atoms with Crippen LogP contribution in [-0.4, -0.2) is 36.3 Å². The Hall–Kier alpha value is -2.60. The highest BCUT2D eigenvalue weighted by Gasteiger charge is 2.13. The lowest BCUT2D eigenvalue weighted by Crippen LogP contribution is -2.26. The van der Waals surface area contributed by atoms with Crippen molar-refractivity contribution in [1.29, 1.82) is 0 Å². The van der Waals surface area contributed by atoms with Gasteiger partial charge >= 0.3 is 0 Å². The molecule has 0 aliphatic carbocycles. The highest BCUT2D eigenvalue weighted by Crippen LogP contribution is 2.27. The van der Waals surface area contributed by atoms with Gasteiger partial charge in [-0.25, -0.2) is 4.98 Å². The highest BCUT2D eigenvalue weighted by molar-refractivity contribution is 5.99. The van der Waals surface area contributed by atoms with Crippen molar-refractivity contribution in [3.63, 3.8) is 0 Å². The van der Waals surface area contributed by atoms with E-state index < -0.39 is 0 Å². The molecule has 22 heavy (non-hydrogen) atoms. The molecule has 0 unspecified atom stereocenters. The van der Waals surface area contributed by atoms with Gasteiger partial charge in [0.1, 0.15) is 11.6 Å². The quantitative estimate of drug-likeness (QED) is 0.681. The molecular weight excluding hydrogens is 282 g/mol. The average Bonchev–Trinajstić information content (AvgIpc) is 2.56. The molecule has 0 atom stereocenters. The first-order chi connectivity index (χ1) is 10.8. The lowest BCUT2D eigenvalue weighted by Gasteiger charge is -2.13. The predicted octanol–water partition coefficient (Wildman–Crippen LogP) is 1.95. The van der Waals surface area contributed by atoms with Crippen LogP contribution in [0.15, 0.2) is 42.6 Å². The van der Waals surface area contributed by atoms with Gasteiger partial charge in [0.2, 0.25) is 0 Å². The first-order valence-electron chi connectivity index (χ1n) is 7.00. The van der Waals surface area contributed by atoms with Crippen LogP contribution < -0.4 is 15.4 Å². The van der Waals surface area contributed by atoms with E-state index in [-0.39, 0.29) is 12.5 Å². The van der Waals surface area contributed by atoms with Crippen molar-refractivity contribution in [1.82, 2.24) is 10.3 Å². The van der Waals surface area contributed by atoms with Crippen molar-refractivity contribution in [2.45, 2.75) is 6.42 Å². The molecule has 1 amide bonds. The molecular formula is C16H19N3O3. The summed E-state index contributed by atoms with van der Waals surface area (Å²) in [6, 6.07) is 10.8. The lowest BCUT2D eigenvalue weighted by atomic mass is 10.2. The van der Waals surface area contributed by atoms with Crippen LogP contribution in [0.25, 0.3) is 0 Å². The third-order valence-electron chi connectivity index (χ3n) is 3.03. The number of benzene rings is 1. The number of amides is 1. The molecule has 6 nitrogen and oxygen atoms in total. The third-order valence-corrected chi connectivity index (χ3v) is 3.03. The summed E-state index contributed by atoms with van der Waals surface area (Å²) in [7, 11) is 1.58. The molecule has 0 radical (unpaired) electrons. The molecule has 2 aromatic rings. The van der Waals surface area contributed by atoms with E-state index in [4.69, 9.17) is 9.84 Å². The Balaban J connectivity index is 2.19. The second-order valence-electron chi connectivity index (χ2n) is 4.56. The largest absolute Gasteiger partial charge is 0.495 e. The monoisotopic (exact) mass is 301 g/mol. The fraction of sp³-hybridized carbons (Fsp3) is 0.250. The fourth-order valence-electron chi connectivity index (χ4n) is 1.94. The minimum Gasteiger partial charge on any atom is -0.495 e. The van der Waals surface area contributed by atoms with Crippen LogP contribution in [0, 0.1) is 0 Å². The fourth-order valence-corrected chi connectivity index (χ4v) is 1.94. The molecule has 2 rings (SSSR count). The normalized spacial score (nSPS) is 10.1. The Kier molecular flexibility index (Phi) is 5.73. The Morgan fingerprint density at radius 3 is 2.86 bits per heavy atom. The third kappa shape index (κ3) is 3.95. The molecule has 0 spiro atoms. The number of aliphatic hydroxyl groups excluding tert-OH is 1. The van der Waals surface area contributed by atoms with Gasteiger partial charge in [-0.15, -0.1) is 0 Å². The van der Waals surface area contributed by atoms with Crippen LogP contribution in [0.5, 0.6) is 5.75 Å². The number of hydrogen-bond donors (Lipinski definition) is 3. The maximum absolute atomic E-state index is 12.2. The van der Waals surface area contributed by atoms with Gasteiger partial charge in [0, 0.05) is 19.3 Å². The summed E-state index contributed by atoms with van der Waals surface area (Å²) in [4.78, 5) is 16.4. The number of carbonyl (C=O) groups excluding carboxylic acids is 1. The van der Waals surface area contributed by atoms with E-state index in [0.29, 0.717) is 30.1 Å². The maximum Gasteiger partial charge on any atom is 0.255 e. The SMILES string of the molecule is COc1ccccc1Nc1ncccc1C(=O)NCCCO. The summed E-state index contributed by atoms with van der Waals surface area (Å²) in [6.45, 7) is 0.456. The number of nitrogens with zero attached hydrogens (tertiary/aromatic N) is 1. The number of pyridine rings is 1. The van der Waals surface area contributed by atoms with Gasteiger partial charge in [-0.2, -0.15) is 0 Å². The summed E-state index contributed by atoms with van der Waals surface area (Å²) >= 11 is 0. The van der Waals surface area contributed by atoms with Crippen molar-refractivity contribution in [3.05, 3.63) is 48.2 Å². The van der Waals surface area contributed by atoms with Gasteiger partial charge in [0.15, 0.2) is 0 Å². The van der Waals surface area contributed by atoms with Crippen LogP contribution in [0.1, 0.15) is 16.8 Å². The zero-order valence-electron chi connectivity index (χ0n) is 12.4. The summed E-state index contributed by atoms with van der Waals surface area (Å²) in [5, 5.41) is 14.6. The predicted molar refractivity (Wildman–Crippen MR) is 84.5 cm³/mol. The summed E-state index contributed by atoms with van der Waals surface area (Å²) < 4.78 is 5.28. The van der Waals surface area contributed by atoms with Crippen LogP contribution in [-0.2, 0) is 0 Å². The Morgan fingerprint density at radius 1 is 1.27 bits per heavy atom. The molecule has 0 aliphatic heterocycles. The first kappa shape index (κ1) is 15.8. The number of nitrogens with one attached hydrogen (secondary N) is 2. The average molecular weight is 301 g/mol. The van der Waals surface area contributed by atoms with Gasteiger partial charge in [-0.1, -0.05) is 12.1 Å². The first-order valence-corrected chi connectivity index (χ1v) is 7.00. The number of aliphatic hydroxyl groups is 1. The van der Waals surface area contributed by atoms with Crippen LogP contribution >= 0.6 is 0 Å². The Bertz CT molecular complexity index is 632. The molecule has 6 heteroatoms. The molecule has 1 heterocycles. The van der Waals surface area contributed by atoms with E-state index in [1.807, 2.05) is 24.3 Å². The number of para-hydroxylation sites is 2. The number of ether oxygens (including phenoxy) is 1. The number of methoxy groups -OCH3 is 1. The minimum atomic E-state index is -0.237. The molecule has 116 valence electrons. The lowest BCUT2D eigenvalue weighted by molar-refractivity contribution is 0.0951. The smallest absolute Gasteiger partial charge is 0.255 e. The van der Waals surface area contributed by atoms with Crippen molar-refractivity contribution in [2.75, 3.05) is 25.6 Å². The zero-order chi connectivity index (χ0) is 15.8. The van der Waals surface area contributed by atoms with E-state index in [2.05, 4.69) is 15.6 Å². The molecule has 1 aromatic heterocycles. The van der Waals surface area contributed by atoms with Crippen molar-refractivity contribution in [2.24, 2.45) is 0 Å². The molecule has 1 aromatic carbocycles. The van der Waals surface area contributed by atoms with E-state index in [9.17, 15) is 4.79 Å². The number of anilines is 2. The number of hydrogen-bond acceptors (Lipinski definition) is 5. The van der Waals surface area contributed by atoms with Crippen LogP contribution in [0.4, 0.5) is 11.5 Å². The number of aromatic nitrogens is 1. The van der Waals surface area contributed by atoms with Gasteiger partial charge < -0.3 is 20.5 Å². The van der Waals surface area contributed by atoms with Crippen molar-refractivity contribution < 1.29 is 14.6 Å². The van der Waals surface area contributed by atoms with Gasteiger partial charge in [-0.05, 0) is 30.7 Å². The molecule has 3 N–H and O–H groups in total. The number of carbonyl (C=O) groups is 1. The van der Waals surface area contributed by atoms with Crippen LogP contribution in [0.3, 0.4) is 0 Å². The maximum atomic E-state index is 12.2. The molecule has 0 bridgehead atoms. The van der Waals surface area contributed by atoms with E-state index >= 15 is 0 Å². The second-order valence-corrected chi connectivity index (χ2v) is 4.56. The van der Waals surface area contributed by atoms with Gasteiger partial charge in [0.25, 0.3) is 5.91 Å². The van der Waals surface area contributed by atoms with Crippen molar-refractivity contribution >= 4 is 17.4 Å².